The summed E-state index contributed by atoms with van der Waals surface area (Å²) in [6, 6.07) is 15.1. The van der Waals surface area contributed by atoms with Crippen LogP contribution in [0, 0.1) is 11.3 Å². The first-order valence-corrected chi connectivity index (χ1v) is 11.6. The molecular weight excluding hydrogens is 476 g/mol. The quantitative estimate of drug-likeness (QED) is 0.523. The number of nitrogens with zero attached hydrogens (tertiary/aromatic N) is 3. The summed E-state index contributed by atoms with van der Waals surface area (Å²) in [5.74, 6) is -0.463. The molecule has 35 heavy (non-hydrogen) atoms. The van der Waals surface area contributed by atoms with E-state index in [1.807, 2.05) is 6.07 Å². The zero-order chi connectivity index (χ0) is 24.9. The lowest BCUT2D eigenvalue weighted by atomic mass is 10.2. The summed E-state index contributed by atoms with van der Waals surface area (Å²) in [5, 5.41) is 9.90. The van der Waals surface area contributed by atoms with E-state index in [0.29, 0.717) is 24.3 Å². The molecule has 0 aliphatic carbocycles. The number of hydrogen-bond acceptors (Lipinski definition) is 6. The van der Waals surface area contributed by atoms with Crippen molar-refractivity contribution in [1.29, 1.82) is 5.26 Å². The van der Waals surface area contributed by atoms with Gasteiger partial charge in [0.2, 0.25) is 0 Å². The number of aromatic nitrogens is 1. The lowest BCUT2D eigenvalue weighted by Gasteiger charge is -2.14. The van der Waals surface area contributed by atoms with E-state index in [9.17, 15) is 23.6 Å². The average Bonchev–Trinajstić information content (AvgIpc) is 3.50. The molecule has 180 valence electrons. The predicted octanol–water partition coefficient (Wildman–Crippen LogP) is 2.63. The van der Waals surface area contributed by atoms with Crippen molar-refractivity contribution in [2.24, 2.45) is 0 Å². The Balaban J connectivity index is 1.93. The lowest BCUT2D eigenvalue weighted by Crippen LogP contribution is -2.35. The zero-order valence-electron chi connectivity index (χ0n) is 18.7. The van der Waals surface area contributed by atoms with Gasteiger partial charge in [-0.05, 0) is 48.7 Å². The first-order chi connectivity index (χ1) is 16.9. The van der Waals surface area contributed by atoms with Crippen LogP contribution in [-0.2, 0) is 4.79 Å². The van der Waals surface area contributed by atoms with Gasteiger partial charge in [0.15, 0.2) is 17.1 Å². The molecule has 0 radical (unpaired) electrons. The third-order valence-corrected chi connectivity index (χ3v) is 6.56. The van der Waals surface area contributed by atoms with Crippen LogP contribution in [0.1, 0.15) is 18.4 Å². The summed E-state index contributed by atoms with van der Waals surface area (Å²) in [7, 11) is 1.32. The second kappa shape index (κ2) is 10.5. The highest BCUT2D eigenvalue weighted by Gasteiger charge is 2.24. The van der Waals surface area contributed by atoms with Crippen LogP contribution < -0.4 is 24.2 Å². The molecular formula is C25H21F2N3O4S. The fourth-order valence-corrected chi connectivity index (χ4v) is 4.94. The average molecular weight is 498 g/mol. The van der Waals surface area contributed by atoms with E-state index in [0.717, 1.165) is 24.2 Å². The van der Waals surface area contributed by atoms with Gasteiger partial charge in [0.25, 0.3) is 11.5 Å². The van der Waals surface area contributed by atoms with Crippen molar-refractivity contribution in [2.45, 2.75) is 19.5 Å². The van der Waals surface area contributed by atoms with Crippen molar-refractivity contribution >= 4 is 28.9 Å². The van der Waals surface area contributed by atoms with Crippen molar-refractivity contribution in [3.8, 4) is 23.3 Å². The highest BCUT2D eigenvalue weighted by atomic mass is 32.1. The van der Waals surface area contributed by atoms with E-state index < -0.39 is 18.1 Å². The summed E-state index contributed by atoms with van der Waals surface area (Å²) >= 11 is 1.02. The van der Waals surface area contributed by atoms with Gasteiger partial charge in [0, 0.05) is 13.1 Å². The molecule has 1 amide bonds. The van der Waals surface area contributed by atoms with E-state index in [-0.39, 0.29) is 26.3 Å². The molecule has 10 heteroatoms. The van der Waals surface area contributed by atoms with Gasteiger partial charge in [0.1, 0.15) is 10.7 Å². The van der Waals surface area contributed by atoms with Crippen LogP contribution in [0.15, 0.2) is 53.3 Å². The van der Waals surface area contributed by atoms with Crippen molar-refractivity contribution < 1.29 is 23.0 Å². The van der Waals surface area contributed by atoms with E-state index >= 15 is 0 Å². The minimum atomic E-state index is -3.01. The van der Waals surface area contributed by atoms with Gasteiger partial charge in [-0.1, -0.05) is 24.3 Å². The summed E-state index contributed by atoms with van der Waals surface area (Å²) < 4.78 is 36.7. The van der Waals surface area contributed by atoms with E-state index in [2.05, 4.69) is 4.74 Å². The van der Waals surface area contributed by atoms with Crippen molar-refractivity contribution in [3.63, 3.8) is 0 Å². The normalized spacial score (nSPS) is 14.7. The molecule has 1 aromatic heterocycles. The molecule has 4 rings (SSSR count). The van der Waals surface area contributed by atoms with Gasteiger partial charge in [0.05, 0.1) is 17.3 Å². The SMILES string of the molecule is COc1cc(/C=c2/s/c(=C(\C#N)C(=O)N3CCCC3)n(-c3ccccc3)c2=O)ccc1OC(F)F. The Morgan fingerprint density at radius 3 is 2.49 bits per heavy atom. The summed E-state index contributed by atoms with van der Waals surface area (Å²) in [6.45, 7) is -1.88. The number of carbonyl (C=O) groups excluding carboxylic acids is 1. The van der Waals surface area contributed by atoms with E-state index in [4.69, 9.17) is 4.74 Å². The number of benzene rings is 2. The first-order valence-electron chi connectivity index (χ1n) is 10.8. The van der Waals surface area contributed by atoms with Gasteiger partial charge < -0.3 is 14.4 Å². The standard InChI is InChI=1S/C25H21F2N3O4S/c1-33-20-13-16(9-10-19(20)34-25(26)27)14-21-23(32)30(17-7-3-2-4-8-17)24(35-21)18(15-28)22(31)29-11-5-6-12-29/h2-4,7-10,13-14,25H,5-6,11-12H2,1H3/b21-14+,24-18+. The molecule has 0 unspecified atom stereocenters. The molecule has 2 aromatic carbocycles. The molecule has 0 N–H and O–H groups in total. The van der Waals surface area contributed by atoms with Crippen molar-refractivity contribution in [1.82, 2.24) is 9.47 Å². The highest BCUT2D eigenvalue weighted by Crippen LogP contribution is 2.29. The van der Waals surface area contributed by atoms with Crippen LogP contribution in [0.4, 0.5) is 8.78 Å². The lowest BCUT2D eigenvalue weighted by molar-refractivity contribution is -0.123. The second-order valence-electron chi connectivity index (χ2n) is 7.67. The molecule has 0 spiro atoms. The third-order valence-electron chi connectivity index (χ3n) is 5.47. The van der Waals surface area contributed by atoms with Gasteiger partial charge in [-0.25, -0.2) is 0 Å². The summed E-state index contributed by atoms with van der Waals surface area (Å²) in [4.78, 5) is 28.2. The number of amides is 1. The first kappa shape index (κ1) is 24.2. The molecule has 1 fully saturated rings. The maximum absolute atomic E-state index is 13.5. The summed E-state index contributed by atoms with van der Waals surface area (Å²) in [5.41, 5.74) is 0.502. The molecule has 1 aliphatic heterocycles. The third kappa shape index (κ3) is 5.10. The number of hydrogen-bond donors (Lipinski definition) is 0. The van der Waals surface area contributed by atoms with E-state index in [1.165, 1.54) is 29.9 Å². The van der Waals surface area contributed by atoms with Crippen molar-refractivity contribution in [2.75, 3.05) is 20.2 Å². The molecule has 1 saturated heterocycles. The molecule has 0 atom stereocenters. The van der Waals surface area contributed by atoms with Crippen LogP contribution in [0.25, 0.3) is 17.3 Å². The van der Waals surface area contributed by atoms with Crippen LogP contribution >= 0.6 is 11.3 Å². The summed E-state index contributed by atoms with van der Waals surface area (Å²) in [6.07, 6.45) is 3.29. The molecule has 7 nitrogen and oxygen atoms in total. The van der Waals surface area contributed by atoms with Gasteiger partial charge in [-0.3, -0.25) is 14.2 Å². The number of rotatable bonds is 6. The fraction of sp³-hybridized carbons (Fsp3) is 0.240. The Morgan fingerprint density at radius 2 is 1.86 bits per heavy atom. The number of methoxy groups -OCH3 is 1. The monoisotopic (exact) mass is 497 g/mol. The van der Waals surface area contributed by atoms with Crippen LogP contribution in [-0.4, -0.2) is 42.2 Å². The van der Waals surface area contributed by atoms with Crippen molar-refractivity contribution in [3.05, 3.63) is 73.6 Å². The Bertz CT molecular complexity index is 1450. The second-order valence-corrected chi connectivity index (χ2v) is 8.70. The fourth-order valence-electron chi connectivity index (χ4n) is 3.85. The number of thiazole rings is 1. The minimum absolute atomic E-state index is 0.0766. The number of carbonyl (C=O) groups is 1. The number of ether oxygens (including phenoxy) is 2. The maximum Gasteiger partial charge on any atom is 0.387 e. The largest absolute Gasteiger partial charge is 0.493 e. The Morgan fingerprint density at radius 1 is 1.14 bits per heavy atom. The molecule has 0 bridgehead atoms. The Hall–Kier alpha value is -3.97. The maximum atomic E-state index is 13.5. The predicted molar refractivity (Wildman–Crippen MR) is 127 cm³/mol. The molecule has 0 saturated carbocycles. The minimum Gasteiger partial charge on any atom is -0.493 e. The number of likely N-dealkylation sites (tertiary alicyclic amines) is 1. The topological polar surface area (TPSA) is 84.6 Å². The van der Waals surface area contributed by atoms with Gasteiger partial charge in [-0.15, -0.1) is 11.3 Å². The number of nitriles is 1. The number of alkyl halides is 2. The molecule has 3 aromatic rings. The highest BCUT2D eigenvalue weighted by molar-refractivity contribution is 7.07. The van der Waals surface area contributed by atoms with Gasteiger partial charge >= 0.3 is 6.61 Å². The van der Waals surface area contributed by atoms with E-state index in [1.54, 1.807) is 41.3 Å². The Labute approximate surface area is 203 Å². The van der Waals surface area contributed by atoms with Crippen LogP contribution in [0.5, 0.6) is 11.5 Å². The van der Waals surface area contributed by atoms with Crippen LogP contribution in [0.2, 0.25) is 0 Å². The number of para-hydroxylation sites is 1. The molecule has 2 heterocycles. The zero-order valence-corrected chi connectivity index (χ0v) is 19.6. The number of halogens is 2. The smallest absolute Gasteiger partial charge is 0.387 e. The molecule has 1 aliphatic rings. The van der Waals surface area contributed by atoms with Crippen LogP contribution in [0.3, 0.4) is 0 Å². The Kier molecular flexibility index (Phi) is 7.27. The van der Waals surface area contributed by atoms with Gasteiger partial charge in [-0.2, -0.15) is 14.0 Å².